The Morgan fingerprint density at radius 2 is 1.42 bits per heavy atom. The van der Waals surface area contributed by atoms with Gasteiger partial charge in [-0.05, 0) is 50.2 Å². The van der Waals surface area contributed by atoms with E-state index in [2.05, 4.69) is 5.32 Å². The highest BCUT2D eigenvalue weighted by molar-refractivity contribution is 6.04. The van der Waals surface area contributed by atoms with Gasteiger partial charge < -0.3 is 14.6 Å². The van der Waals surface area contributed by atoms with Crippen molar-refractivity contribution in [2.45, 2.75) is 26.5 Å². The minimum atomic E-state index is -1.09. The fourth-order valence-electron chi connectivity index (χ4n) is 3.80. The zero-order valence-corrected chi connectivity index (χ0v) is 18.2. The van der Waals surface area contributed by atoms with Crippen molar-refractivity contribution in [2.24, 2.45) is 0 Å². The number of aromatic nitrogens is 1. The summed E-state index contributed by atoms with van der Waals surface area (Å²) in [5, 5.41) is 3.63. The lowest BCUT2D eigenvalue weighted by Gasteiger charge is -2.17. The first-order valence-electron chi connectivity index (χ1n) is 10.5. The van der Waals surface area contributed by atoms with Gasteiger partial charge in [0.2, 0.25) is 0 Å². The molecule has 7 nitrogen and oxygen atoms in total. The number of carbonyl (C=O) groups excluding carboxylic acids is 3. The van der Waals surface area contributed by atoms with Crippen LogP contribution in [0.4, 0.5) is 5.69 Å². The summed E-state index contributed by atoms with van der Waals surface area (Å²) in [6.45, 7) is 2.70. The molecule has 1 aromatic heterocycles. The normalized spacial score (nSPS) is 11.8. The summed E-state index contributed by atoms with van der Waals surface area (Å²) >= 11 is 0. The van der Waals surface area contributed by atoms with Crippen LogP contribution in [-0.2, 0) is 20.9 Å². The van der Waals surface area contributed by atoms with Crippen LogP contribution in [0.1, 0.15) is 24.2 Å². The monoisotopic (exact) mass is 442 g/mol. The number of esters is 1. The Balaban J connectivity index is 1.57. The molecule has 0 fully saturated rings. The van der Waals surface area contributed by atoms with Crippen LogP contribution >= 0.6 is 0 Å². The number of para-hydroxylation sites is 3. The summed E-state index contributed by atoms with van der Waals surface area (Å²) in [5.74, 6) is -1.37. The lowest BCUT2D eigenvalue weighted by Crippen LogP contribution is -2.31. The Morgan fingerprint density at radius 1 is 0.879 bits per heavy atom. The number of ether oxygens (including phenoxy) is 1. The predicted octanol–water partition coefficient (Wildman–Crippen LogP) is 3.93. The first-order chi connectivity index (χ1) is 15.9. The van der Waals surface area contributed by atoms with E-state index in [0.29, 0.717) is 33.1 Å². The van der Waals surface area contributed by atoms with Crippen molar-refractivity contribution < 1.29 is 19.1 Å². The number of amides is 1. The van der Waals surface area contributed by atoms with Crippen molar-refractivity contribution in [3.63, 3.8) is 0 Å². The number of carbonyl (C=O) groups is 3. The molecule has 1 unspecified atom stereocenters. The van der Waals surface area contributed by atoms with Crippen LogP contribution in [0.25, 0.3) is 21.8 Å². The SMILES string of the molecule is CC(=O)c1ccccc1NC(=O)C(C)OC(=O)Cn1c2ccccc2c(=O)c2ccccc21. The van der Waals surface area contributed by atoms with E-state index >= 15 is 0 Å². The first kappa shape index (κ1) is 22.0. The molecule has 1 heterocycles. The van der Waals surface area contributed by atoms with Crippen molar-refractivity contribution in [1.29, 1.82) is 0 Å². The highest BCUT2D eigenvalue weighted by Crippen LogP contribution is 2.20. The summed E-state index contributed by atoms with van der Waals surface area (Å²) in [5.41, 5.74) is 1.82. The van der Waals surface area contributed by atoms with Gasteiger partial charge in [0, 0.05) is 16.3 Å². The Kier molecular flexibility index (Phi) is 6.04. The zero-order chi connectivity index (χ0) is 23.5. The van der Waals surface area contributed by atoms with E-state index in [1.807, 2.05) is 0 Å². The van der Waals surface area contributed by atoms with Gasteiger partial charge in [-0.3, -0.25) is 19.2 Å². The van der Waals surface area contributed by atoms with Crippen LogP contribution < -0.4 is 10.7 Å². The molecule has 0 saturated heterocycles. The summed E-state index contributed by atoms with van der Waals surface area (Å²) in [6.07, 6.45) is -1.09. The second-order valence-electron chi connectivity index (χ2n) is 7.67. The number of hydrogen-bond acceptors (Lipinski definition) is 5. The third-order valence-electron chi connectivity index (χ3n) is 5.41. The van der Waals surface area contributed by atoms with Crippen molar-refractivity contribution in [1.82, 2.24) is 4.57 Å². The number of Topliss-reactive ketones (excluding diaryl/α,β-unsaturated/α-hetero) is 1. The molecule has 33 heavy (non-hydrogen) atoms. The molecule has 0 aliphatic heterocycles. The molecule has 166 valence electrons. The van der Waals surface area contributed by atoms with E-state index < -0.39 is 18.0 Å². The van der Waals surface area contributed by atoms with Crippen LogP contribution in [0.5, 0.6) is 0 Å². The van der Waals surface area contributed by atoms with Crippen molar-refractivity contribution in [3.05, 3.63) is 88.6 Å². The Hall–Kier alpha value is -4.26. The number of rotatable bonds is 6. The summed E-state index contributed by atoms with van der Waals surface area (Å²) in [7, 11) is 0. The van der Waals surface area contributed by atoms with E-state index in [1.54, 1.807) is 77.4 Å². The topological polar surface area (TPSA) is 94.5 Å². The second-order valence-corrected chi connectivity index (χ2v) is 7.67. The van der Waals surface area contributed by atoms with Gasteiger partial charge in [0.15, 0.2) is 17.3 Å². The molecule has 0 saturated carbocycles. The number of nitrogens with zero attached hydrogens (tertiary/aromatic N) is 1. The molecule has 7 heteroatoms. The van der Waals surface area contributed by atoms with Gasteiger partial charge in [-0.25, -0.2) is 0 Å². The van der Waals surface area contributed by atoms with Crippen LogP contribution in [0.15, 0.2) is 77.6 Å². The molecule has 4 aromatic rings. The Morgan fingerprint density at radius 3 is 2.03 bits per heavy atom. The minimum absolute atomic E-state index is 0.109. The lowest BCUT2D eigenvalue weighted by molar-refractivity contribution is -0.153. The Bertz CT molecular complexity index is 1390. The molecule has 0 radical (unpaired) electrons. The molecule has 1 amide bonds. The number of pyridine rings is 1. The Labute approximate surface area is 189 Å². The number of fused-ring (bicyclic) bond motifs is 2. The maximum absolute atomic E-state index is 12.8. The molecular formula is C26H22N2O5. The molecule has 0 aliphatic carbocycles. The largest absolute Gasteiger partial charge is 0.451 e. The van der Waals surface area contributed by atoms with E-state index in [9.17, 15) is 19.2 Å². The zero-order valence-electron chi connectivity index (χ0n) is 18.2. The van der Waals surface area contributed by atoms with E-state index in [-0.39, 0.29) is 17.8 Å². The van der Waals surface area contributed by atoms with Gasteiger partial charge in [0.05, 0.1) is 16.7 Å². The average molecular weight is 442 g/mol. The molecule has 3 aromatic carbocycles. The van der Waals surface area contributed by atoms with Crippen LogP contribution in [0.3, 0.4) is 0 Å². The maximum Gasteiger partial charge on any atom is 0.326 e. The quantitative estimate of drug-likeness (QED) is 0.277. The molecule has 4 rings (SSSR count). The predicted molar refractivity (Wildman–Crippen MR) is 126 cm³/mol. The van der Waals surface area contributed by atoms with Gasteiger partial charge in [-0.2, -0.15) is 0 Å². The van der Waals surface area contributed by atoms with Crippen molar-refractivity contribution in [2.75, 3.05) is 5.32 Å². The molecule has 0 spiro atoms. The number of hydrogen-bond donors (Lipinski definition) is 1. The number of benzene rings is 3. The molecule has 0 aliphatic rings. The van der Waals surface area contributed by atoms with Gasteiger partial charge in [0.25, 0.3) is 5.91 Å². The van der Waals surface area contributed by atoms with Gasteiger partial charge >= 0.3 is 5.97 Å². The number of anilines is 1. The average Bonchev–Trinajstić information content (AvgIpc) is 2.82. The van der Waals surface area contributed by atoms with Gasteiger partial charge in [-0.15, -0.1) is 0 Å². The van der Waals surface area contributed by atoms with Gasteiger partial charge in [-0.1, -0.05) is 36.4 Å². The molecule has 0 bridgehead atoms. The summed E-state index contributed by atoms with van der Waals surface area (Å²) in [6, 6.07) is 20.7. The van der Waals surface area contributed by atoms with E-state index in [4.69, 9.17) is 4.74 Å². The summed E-state index contributed by atoms with van der Waals surface area (Å²) in [4.78, 5) is 50.0. The fourth-order valence-corrected chi connectivity index (χ4v) is 3.80. The lowest BCUT2D eigenvalue weighted by atomic mass is 10.1. The number of nitrogens with one attached hydrogen (secondary N) is 1. The van der Waals surface area contributed by atoms with Crippen LogP contribution in [0, 0.1) is 0 Å². The van der Waals surface area contributed by atoms with Crippen LogP contribution in [0.2, 0.25) is 0 Å². The minimum Gasteiger partial charge on any atom is -0.451 e. The fraction of sp³-hybridized carbons (Fsp3) is 0.154. The molecule has 1 atom stereocenters. The standard InChI is InChI=1S/C26H22N2O5/c1-16(29)18-9-3-6-12-21(18)27-26(32)17(2)33-24(30)15-28-22-13-7-4-10-19(22)25(31)20-11-5-8-14-23(20)28/h3-14,17H,15H2,1-2H3,(H,27,32). The van der Waals surface area contributed by atoms with E-state index in [1.165, 1.54) is 13.8 Å². The smallest absolute Gasteiger partial charge is 0.326 e. The van der Waals surface area contributed by atoms with E-state index in [0.717, 1.165) is 0 Å². The van der Waals surface area contributed by atoms with Gasteiger partial charge in [0.1, 0.15) is 6.54 Å². The molecular weight excluding hydrogens is 420 g/mol. The second kappa shape index (κ2) is 9.08. The first-order valence-corrected chi connectivity index (χ1v) is 10.5. The third-order valence-corrected chi connectivity index (χ3v) is 5.41. The van der Waals surface area contributed by atoms with Crippen LogP contribution in [-0.4, -0.2) is 28.3 Å². The summed E-state index contributed by atoms with van der Waals surface area (Å²) < 4.78 is 7.09. The third kappa shape index (κ3) is 4.39. The highest BCUT2D eigenvalue weighted by atomic mass is 16.5. The number of ketones is 1. The maximum atomic E-state index is 12.8. The molecule has 1 N–H and O–H groups in total. The highest BCUT2D eigenvalue weighted by Gasteiger charge is 2.21. The van der Waals surface area contributed by atoms with Crippen molar-refractivity contribution in [3.8, 4) is 0 Å². The van der Waals surface area contributed by atoms with Crippen molar-refractivity contribution >= 4 is 45.2 Å².